The van der Waals surface area contributed by atoms with Gasteiger partial charge in [0.25, 0.3) is 11.2 Å². The number of nitro groups is 1. The Morgan fingerprint density at radius 2 is 1.97 bits per heavy atom. The van der Waals surface area contributed by atoms with E-state index in [1.807, 2.05) is 0 Å². The summed E-state index contributed by atoms with van der Waals surface area (Å²) in [6, 6.07) is 4.93. The fourth-order valence-corrected chi connectivity index (χ4v) is 4.53. The molecule has 1 aromatic heterocycles. The second kappa shape index (κ2) is 8.40. The molecule has 168 valence electrons. The fourth-order valence-electron chi connectivity index (χ4n) is 4.53. The van der Waals surface area contributed by atoms with E-state index in [9.17, 15) is 29.6 Å². The summed E-state index contributed by atoms with van der Waals surface area (Å²) in [5.41, 5.74) is -1.15. The zero-order chi connectivity index (χ0) is 23.0. The quantitative estimate of drug-likeness (QED) is 0.549. The Morgan fingerprint density at radius 1 is 1.25 bits per heavy atom. The Kier molecular flexibility index (Phi) is 5.64. The highest BCUT2D eigenvalue weighted by Gasteiger charge is 2.35. The standard InChI is InChI=1S/C21H23N5O6/c1-12(27)25-17(13-6-5-9-15(10-13)26(31)32)11-16(23-25)18-19(28)22-21(30)24(20(18)29)14-7-3-2-4-8-14/h5-6,9-10,14,17,29H,2-4,7-8,11H2,1H3,(H,22,28,30)/t17-/m0/s1. The van der Waals surface area contributed by atoms with Gasteiger partial charge in [0.1, 0.15) is 5.56 Å². The molecule has 2 heterocycles. The number of aromatic hydroxyl groups is 1. The van der Waals surface area contributed by atoms with Crippen molar-refractivity contribution in [3.8, 4) is 5.88 Å². The summed E-state index contributed by atoms with van der Waals surface area (Å²) in [6.45, 7) is 1.30. The lowest BCUT2D eigenvalue weighted by atomic mass is 9.95. The number of nitrogens with zero attached hydrogens (tertiary/aromatic N) is 4. The van der Waals surface area contributed by atoms with E-state index in [4.69, 9.17) is 0 Å². The van der Waals surface area contributed by atoms with Gasteiger partial charge in [-0.2, -0.15) is 5.10 Å². The molecule has 2 aromatic rings. The van der Waals surface area contributed by atoms with Crippen molar-refractivity contribution in [1.82, 2.24) is 14.6 Å². The third kappa shape index (κ3) is 3.81. The summed E-state index contributed by atoms with van der Waals surface area (Å²) >= 11 is 0. The van der Waals surface area contributed by atoms with E-state index in [1.165, 1.54) is 29.7 Å². The van der Waals surface area contributed by atoms with E-state index in [0.717, 1.165) is 24.3 Å². The van der Waals surface area contributed by atoms with Crippen LogP contribution in [0.15, 0.2) is 39.0 Å². The van der Waals surface area contributed by atoms with Crippen LogP contribution in [0.25, 0.3) is 0 Å². The van der Waals surface area contributed by atoms with E-state index in [2.05, 4.69) is 10.1 Å². The van der Waals surface area contributed by atoms with Crippen LogP contribution in [0.2, 0.25) is 0 Å². The molecule has 0 radical (unpaired) electrons. The maximum absolute atomic E-state index is 12.6. The number of aromatic amines is 1. The Bertz CT molecular complexity index is 1220. The number of hydrazone groups is 1. The zero-order valence-corrected chi connectivity index (χ0v) is 17.5. The Morgan fingerprint density at radius 3 is 2.62 bits per heavy atom. The lowest BCUT2D eigenvalue weighted by Crippen LogP contribution is -2.36. The molecule has 2 N–H and O–H groups in total. The van der Waals surface area contributed by atoms with Crippen LogP contribution in [0.1, 0.15) is 68.7 Å². The van der Waals surface area contributed by atoms with Crippen molar-refractivity contribution < 1.29 is 14.8 Å². The minimum Gasteiger partial charge on any atom is -0.494 e. The minimum absolute atomic E-state index is 0.0558. The SMILES string of the molecule is CC(=O)N1N=C(c2c(O)n(C3CCCCC3)c(=O)[nH]c2=O)C[C@H]1c1cccc([N+](=O)[O-])c1. The second-order valence-corrected chi connectivity index (χ2v) is 8.10. The predicted molar refractivity (Wildman–Crippen MR) is 115 cm³/mol. The smallest absolute Gasteiger partial charge is 0.331 e. The van der Waals surface area contributed by atoms with Crippen molar-refractivity contribution in [1.29, 1.82) is 0 Å². The van der Waals surface area contributed by atoms with E-state index in [0.29, 0.717) is 18.4 Å². The maximum atomic E-state index is 12.6. The van der Waals surface area contributed by atoms with Crippen LogP contribution >= 0.6 is 0 Å². The van der Waals surface area contributed by atoms with Crippen molar-refractivity contribution >= 4 is 17.3 Å². The number of hydrogen-bond acceptors (Lipinski definition) is 7. The van der Waals surface area contributed by atoms with Gasteiger partial charge in [-0.3, -0.25) is 29.3 Å². The maximum Gasteiger partial charge on any atom is 0.331 e. The molecule has 1 aliphatic heterocycles. The lowest BCUT2D eigenvalue weighted by molar-refractivity contribution is -0.384. The van der Waals surface area contributed by atoms with E-state index < -0.39 is 34.0 Å². The van der Waals surface area contributed by atoms with Crippen LogP contribution in [0.4, 0.5) is 5.69 Å². The lowest BCUT2D eigenvalue weighted by Gasteiger charge is -2.25. The van der Waals surface area contributed by atoms with Crippen LogP contribution in [0.3, 0.4) is 0 Å². The van der Waals surface area contributed by atoms with Crippen molar-refractivity contribution in [2.45, 2.75) is 57.5 Å². The van der Waals surface area contributed by atoms with E-state index >= 15 is 0 Å². The van der Waals surface area contributed by atoms with E-state index in [1.54, 1.807) is 6.07 Å². The number of hydrogen-bond donors (Lipinski definition) is 2. The molecule has 32 heavy (non-hydrogen) atoms. The first-order valence-corrected chi connectivity index (χ1v) is 10.5. The number of rotatable bonds is 4. The van der Waals surface area contributed by atoms with Gasteiger partial charge in [-0.1, -0.05) is 31.4 Å². The molecule has 1 atom stereocenters. The van der Waals surface area contributed by atoms with Crippen LogP contribution in [0, 0.1) is 10.1 Å². The Balaban J connectivity index is 1.77. The van der Waals surface area contributed by atoms with Crippen LogP contribution < -0.4 is 11.2 Å². The summed E-state index contributed by atoms with van der Waals surface area (Å²) < 4.78 is 1.21. The van der Waals surface area contributed by atoms with Crippen molar-refractivity contribution in [2.75, 3.05) is 0 Å². The number of nitrogens with one attached hydrogen (secondary N) is 1. The fraction of sp³-hybridized carbons (Fsp3) is 0.429. The highest BCUT2D eigenvalue weighted by molar-refractivity contribution is 6.04. The van der Waals surface area contributed by atoms with Crippen LogP contribution in [-0.4, -0.2) is 36.2 Å². The summed E-state index contributed by atoms with van der Waals surface area (Å²) in [5, 5.41) is 27.5. The number of benzene rings is 1. The van der Waals surface area contributed by atoms with Gasteiger partial charge >= 0.3 is 5.69 Å². The number of carbonyl (C=O) groups excluding carboxylic acids is 1. The summed E-state index contributed by atoms with van der Waals surface area (Å²) in [7, 11) is 0. The molecule has 1 amide bonds. The van der Waals surface area contributed by atoms with Crippen molar-refractivity contribution in [3.63, 3.8) is 0 Å². The third-order valence-electron chi connectivity index (χ3n) is 6.05. The molecule has 4 rings (SSSR count). The molecule has 0 unspecified atom stereocenters. The third-order valence-corrected chi connectivity index (χ3v) is 6.05. The molecular weight excluding hydrogens is 418 g/mol. The number of aromatic nitrogens is 2. The molecule has 0 saturated heterocycles. The van der Waals surface area contributed by atoms with Crippen molar-refractivity contribution in [2.24, 2.45) is 5.10 Å². The summed E-state index contributed by atoms with van der Waals surface area (Å²) in [6.07, 6.45) is 4.36. The average molecular weight is 441 g/mol. The van der Waals surface area contributed by atoms with Crippen LogP contribution in [0.5, 0.6) is 5.88 Å². The predicted octanol–water partition coefficient (Wildman–Crippen LogP) is 2.35. The van der Waals surface area contributed by atoms with Gasteiger partial charge in [0.2, 0.25) is 11.8 Å². The molecule has 0 spiro atoms. The monoisotopic (exact) mass is 441 g/mol. The molecule has 11 heteroatoms. The highest BCUT2D eigenvalue weighted by Crippen LogP contribution is 2.36. The van der Waals surface area contributed by atoms with Gasteiger partial charge in [-0.05, 0) is 18.4 Å². The molecule has 1 saturated carbocycles. The minimum atomic E-state index is -0.790. The normalized spacial score (nSPS) is 19.1. The van der Waals surface area contributed by atoms with Crippen LogP contribution in [-0.2, 0) is 4.79 Å². The first-order chi connectivity index (χ1) is 15.3. The van der Waals surface area contributed by atoms with Gasteiger partial charge in [0.05, 0.1) is 16.7 Å². The molecule has 0 bridgehead atoms. The first kappa shape index (κ1) is 21.5. The van der Waals surface area contributed by atoms with E-state index in [-0.39, 0.29) is 29.4 Å². The molecule has 2 aliphatic rings. The molecule has 1 aliphatic carbocycles. The van der Waals surface area contributed by atoms with Crippen molar-refractivity contribution in [3.05, 3.63) is 66.3 Å². The largest absolute Gasteiger partial charge is 0.494 e. The average Bonchev–Trinajstić information content (AvgIpc) is 3.19. The number of amides is 1. The molecular formula is C21H23N5O6. The topological polar surface area (TPSA) is 151 Å². The number of non-ortho nitro benzene ring substituents is 1. The Hall–Kier alpha value is -3.76. The van der Waals surface area contributed by atoms with Gasteiger partial charge in [0.15, 0.2) is 0 Å². The van der Waals surface area contributed by atoms with Gasteiger partial charge in [0, 0.05) is 31.5 Å². The van der Waals surface area contributed by atoms with Gasteiger partial charge < -0.3 is 5.11 Å². The summed E-state index contributed by atoms with van der Waals surface area (Å²) in [5.74, 6) is -0.888. The van der Waals surface area contributed by atoms with Gasteiger partial charge in [-0.25, -0.2) is 9.80 Å². The molecule has 11 nitrogen and oxygen atoms in total. The number of nitro benzene ring substituents is 1. The molecule has 1 fully saturated rings. The second-order valence-electron chi connectivity index (χ2n) is 8.10. The Labute approximate surface area is 182 Å². The molecule has 1 aromatic carbocycles. The number of H-pyrrole nitrogens is 1. The zero-order valence-electron chi connectivity index (χ0n) is 17.5. The number of carbonyl (C=O) groups is 1. The highest BCUT2D eigenvalue weighted by atomic mass is 16.6. The summed E-state index contributed by atoms with van der Waals surface area (Å²) in [4.78, 5) is 50.2. The first-order valence-electron chi connectivity index (χ1n) is 10.5. The van der Waals surface area contributed by atoms with Gasteiger partial charge in [-0.15, -0.1) is 0 Å².